The monoisotopic (exact) mass is 314 g/mol. The second-order valence-electron chi connectivity index (χ2n) is 6.06. The van der Waals surface area contributed by atoms with Crippen LogP contribution >= 0.6 is 0 Å². The van der Waals surface area contributed by atoms with Crippen molar-refractivity contribution in [2.75, 3.05) is 0 Å². The van der Waals surface area contributed by atoms with Crippen molar-refractivity contribution in [3.63, 3.8) is 0 Å². The van der Waals surface area contributed by atoms with E-state index >= 15 is 0 Å². The summed E-state index contributed by atoms with van der Waals surface area (Å²) in [6.07, 6.45) is 1.23. The van der Waals surface area contributed by atoms with E-state index in [2.05, 4.69) is 19.2 Å². The summed E-state index contributed by atoms with van der Waals surface area (Å²) < 4.78 is 0. The lowest BCUT2D eigenvalue weighted by molar-refractivity contribution is -0.136. The maximum Gasteiger partial charge on any atom is 0.262 e. The predicted octanol–water partition coefficient (Wildman–Crippen LogP) is 1.60. The van der Waals surface area contributed by atoms with Gasteiger partial charge in [-0.25, -0.2) is 0 Å². The van der Waals surface area contributed by atoms with Crippen LogP contribution in [0.5, 0.6) is 0 Å². The van der Waals surface area contributed by atoms with Crippen molar-refractivity contribution in [2.45, 2.75) is 45.1 Å². The van der Waals surface area contributed by atoms with Gasteiger partial charge in [-0.05, 0) is 36.5 Å². The smallest absolute Gasteiger partial charge is 0.262 e. The number of benzene rings is 1. The number of imide groups is 2. The van der Waals surface area contributed by atoms with Crippen molar-refractivity contribution in [3.8, 4) is 0 Å². The Morgan fingerprint density at radius 2 is 1.87 bits per heavy atom. The van der Waals surface area contributed by atoms with Gasteiger partial charge in [-0.1, -0.05) is 19.9 Å². The molecule has 1 aromatic rings. The Bertz CT molecular complexity index is 725. The van der Waals surface area contributed by atoms with Gasteiger partial charge in [0.15, 0.2) is 0 Å². The number of amides is 4. The second-order valence-corrected chi connectivity index (χ2v) is 6.06. The number of fused-ring (bicyclic) bond motifs is 1. The molecule has 0 aliphatic carbocycles. The number of carbonyl (C=O) groups excluding carboxylic acids is 4. The maximum absolute atomic E-state index is 12.6. The third-order valence-corrected chi connectivity index (χ3v) is 4.65. The third kappa shape index (κ3) is 2.44. The number of hydrogen-bond acceptors (Lipinski definition) is 4. The van der Waals surface area contributed by atoms with Gasteiger partial charge in [0.05, 0.1) is 11.1 Å². The van der Waals surface area contributed by atoms with Crippen LogP contribution in [0, 0.1) is 0 Å². The molecule has 0 spiro atoms. The van der Waals surface area contributed by atoms with Gasteiger partial charge < -0.3 is 0 Å². The highest BCUT2D eigenvalue weighted by Crippen LogP contribution is 2.30. The fraction of sp³-hybridized carbons (Fsp3) is 0.412. The van der Waals surface area contributed by atoms with E-state index in [9.17, 15) is 19.2 Å². The van der Waals surface area contributed by atoms with E-state index in [-0.39, 0.29) is 24.7 Å². The average Bonchev–Trinajstić information content (AvgIpc) is 2.78. The van der Waals surface area contributed by atoms with Gasteiger partial charge in [0.25, 0.3) is 11.8 Å². The van der Waals surface area contributed by atoms with Crippen LogP contribution in [-0.2, 0) is 9.59 Å². The SMILES string of the molecule is CCC(C)c1ccc2c(c1)C(=O)N([C@H]1CCC(=O)NC1=O)C2=O. The second kappa shape index (κ2) is 5.61. The Kier molecular flexibility index (Phi) is 3.75. The van der Waals surface area contributed by atoms with Gasteiger partial charge in [0.2, 0.25) is 11.8 Å². The number of nitrogens with one attached hydrogen (secondary N) is 1. The van der Waals surface area contributed by atoms with Crippen LogP contribution in [0.3, 0.4) is 0 Å². The summed E-state index contributed by atoms with van der Waals surface area (Å²) in [5.74, 6) is -1.59. The number of nitrogens with zero attached hydrogens (tertiary/aromatic N) is 1. The quantitative estimate of drug-likeness (QED) is 0.859. The molecular weight excluding hydrogens is 296 g/mol. The average molecular weight is 314 g/mol. The van der Waals surface area contributed by atoms with E-state index in [4.69, 9.17) is 0 Å². The molecule has 1 saturated heterocycles. The Morgan fingerprint density at radius 3 is 2.52 bits per heavy atom. The van der Waals surface area contributed by atoms with Gasteiger partial charge in [-0.3, -0.25) is 29.4 Å². The van der Waals surface area contributed by atoms with E-state index in [0.717, 1.165) is 16.9 Å². The molecular formula is C17H18N2O4. The largest absolute Gasteiger partial charge is 0.295 e. The highest BCUT2D eigenvalue weighted by atomic mass is 16.2. The standard InChI is InChI=1S/C17H18N2O4/c1-3-9(2)10-4-5-11-12(8-10)17(23)19(16(11)22)13-6-7-14(20)18-15(13)21/h4-5,8-9,13H,3,6-7H2,1-2H3,(H,18,20,21)/t9?,13-/m0/s1. The molecule has 1 aromatic carbocycles. The predicted molar refractivity (Wildman–Crippen MR) is 81.8 cm³/mol. The molecule has 1 unspecified atom stereocenters. The van der Waals surface area contributed by atoms with Crippen LogP contribution in [0.25, 0.3) is 0 Å². The normalized spacial score (nSPS) is 22.2. The number of rotatable bonds is 3. The Hall–Kier alpha value is -2.50. The summed E-state index contributed by atoms with van der Waals surface area (Å²) in [4.78, 5) is 49.4. The summed E-state index contributed by atoms with van der Waals surface area (Å²) in [5, 5.41) is 2.19. The minimum Gasteiger partial charge on any atom is -0.295 e. The zero-order chi connectivity index (χ0) is 16.7. The molecule has 6 heteroatoms. The summed E-state index contributed by atoms with van der Waals surface area (Å²) in [7, 11) is 0. The fourth-order valence-corrected chi connectivity index (χ4v) is 3.03. The number of hydrogen-bond donors (Lipinski definition) is 1. The summed E-state index contributed by atoms with van der Waals surface area (Å²) >= 11 is 0. The van der Waals surface area contributed by atoms with Gasteiger partial charge in [-0.2, -0.15) is 0 Å². The van der Waals surface area contributed by atoms with E-state index < -0.39 is 23.8 Å². The molecule has 6 nitrogen and oxygen atoms in total. The van der Waals surface area contributed by atoms with Crippen LogP contribution in [0.2, 0.25) is 0 Å². The molecule has 0 radical (unpaired) electrons. The van der Waals surface area contributed by atoms with Crippen molar-refractivity contribution in [1.82, 2.24) is 10.2 Å². The van der Waals surface area contributed by atoms with Gasteiger partial charge in [-0.15, -0.1) is 0 Å². The van der Waals surface area contributed by atoms with Crippen LogP contribution in [0.1, 0.15) is 65.3 Å². The van der Waals surface area contributed by atoms with Crippen molar-refractivity contribution < 1.29 is 19.2 Å². The molecule has 1 N–H and O–H groups in total. The highest BCUT2D eigenvalue weighted by Gasteiger charge is 2.44. The van der Waals surface area contributed by atoms with Crippen LogP contribution < -0.4 is 5.32 Å². The van der Waals surface area contributed by atoms with Crippen molar-refractivity contribution in [1.29, 1.82) is 0 Å². The first-order chi connectivity index (χ1) is 10.9. The summed E-state index contributed by atoms with van der Waals surface area (Å²) in [6.45, 7) is 4.11. The molecule has 2 aliphatic rings. The molecule has 4 amide bonds. The van der Waals surface area contributed by atoms with E-state index in [1.54, 1.807) is 12.1 Å². The van der Waals surface area contributed by atoms with Crippen LogP contribution in [0.4, 0.5) is 0 Å². The zero-order valence-corrected chi connectivity index (χ0v) is 13.1. The Labute approximate surface area is 133 Å². The first-order valence-electron chi connectivity index (χ1n) is 7.79. The maximum atomic E-state index is 12.6. The van der Waals surface area contributed by atoms with Gasteiger partial charge in [0.1, 0.15) is 6.04 Å². The first kappa shape index (κ1) is 15.4. The Morgan fingerprint density at radius 1 is 1.17 bits per heavy atom. The van der Waals surface area contributed by atoms with E-state index in [0.29, 0.717) is 11.1 Å². The lowest BCUT2D eigenvalue weighted by atomic mass is 9.95. The molecule has 0 bridgehead atoms. The molecule has 120 valence electrons. The highest BCUT2D eigenvalue weighted by molar-refractivity contribution is 6.23. The molecule has 2 atom stereocenters. The molecule has 0 saturated carbocycles. The van der Waals surface area contributed by atoms with Crippen molar-refractivity contribution >= 4 is 23.6 Å². The minimum atomic E-state index is -0.910. The van der Waals surface area contributed by atoms with Crippen molar-refractivity contribution in [3.05, 3.63) is 34.9 Å². The first-order valence-corrected chi connectivity index (χ1v) is 7.79. The molecule has 1 fully saturated rings. The van der Waals surface area contributed by atoms with E-state index in [1.807, 2.05) is 6.07 Å². The Balaban J connectivity index is 1.94. The van der Waals surface area contributed by atoms with Gasteiger partial charge >= 0.3 is 0 Å². The molecule has 23 heavy (non-hydrogen) atoms. The summed E-state index contributed by atoms with van der Waals surface area (Å²) in [5.41, 5.74) is 1.67. The fourth-order valence-electron chi connectivity index (χ4n) is 3.03. The molecule has 0 aromatic heterocycles. The van der Waals surface area contributed by atoms with Crippen molar-refractivity contribution in [2.24, 2.45) is 0 Å². The van der Waals surface area contributed by atoms with E-state index in [1.165, 1.54) is 0 Å². The van der Waals surface area contributed by atoms with Gasteiger partial charge in [0, 0.05) is 6.42 Å². The van der Waals surface area contributed by atoms with Crippen LogP contribution in [-0.4, -0.2) is 34.6 Å². The topological polar surface area (TPSA) is 83.6 Å². The van der Waals surface area contributed by atoms with Crippen LogP contribution in [0.15, 0.2) is 18.2 Å². The zero-order valence-electron chi connectivity index (χ0n) is 13.1. The number of piperidine rings is 1. The molecule has 2 heterocycles. The lowest BCUT2D eigenvalue weighted by Crippen LogP contribution is -2.54. The molecule has 2 aliphatic heterocycles. The third-order valence-electron chi connectivity index (χ3n) is 4.65. The summed E-state index contributed by atoms with van der Waals surface area (Å²) in [6, 6.07) is 4.34. The molecule has 3 rings (SSSR count). The number of carbonyl (C=O) groups is 4. The lowest BCUT2D eigenvalue weighted by Gasteiger charge is -2.27. The minimum absolute atomic E-state index is 0.127.